The van der Waals surface area contributed by atoms with E-state index in [1.165, 1.54) is 10.8 Å². The van der Waals surface area contributed by atoms with Crippen LogP contribution in [0.5, 0.6) is 0 Å². The number of rotatable bonds is 8. The van der Waals surface area contributed by atoms with Crippen LogP contribution in [0.4, 0.5) is 13.2 Å². The molecule has 0 fully saturated rings. The minimum atomic E-state index is -4.41. The van der Waals surface area contributed by atoms with Gasteiger partial charge in [-0.25, -0.2) is 4.98 Å². The average Bonchev–Trinajstić information content (AvgIpc) is 2.79. The monoisotopic (exact) mass is 294 g/mol. The lowest BCUT2D eigenvalue weighted by atomic mass is 10.5. The minimum absolute atomic E-state index is 0.197. The number of alkyl halides is 3. The van der Waals surface area contributed by atoms with Crippen LogP contribution in [0.3, 0.4) is 0 Å². The Kier molecular flexibility index (Phi) is 6.46. The van der Waals surface area contributed by atoms with Crippen molar-refractivity contribution in [2.24, 2.45) is 0 Å². The second-order valence-electron chi connectivity index (χ2n) is 4.03. The maximum Gasteiger partial charge on any atom is 0.405 e. The van der Waals surface area contributed by atoms with Gasteiger partial charge in [-0.3, -0.25) is 4.79 Å². The SMILES string of the molecule is COCCNCc1nccn1CC(=O)NCC(F)(F)F. The number of carbonyl (C=O) groups is 1. The van der Waals surface area contributed by atoms with Gasteiger partial charge in [0.05, 0.1) is 13.2 Å². The highest BCUT2D eigenvalue weighted by Crippen LogP contribution is 2.12. The van der Waals surface area contributed by atoms with Crippen LogP contribution in [-0.4, -0.2) is 48.4 Å². The number of hydrogen-bond acceptors (Lipinski definition) is 4. The first-order valence-electron chi connectivity index (χ1n) is 5.95. The molecule has 0 spiro atoms. The summed E-state index contributed by atoms with van der Waals surface area (Å²) in [5.74, 6) is -0.137. The molecule has 0 unspecified atom stereocenters. The molecule has 0 aromatic carbocycles. The Bertz CT molecular complexity index is 420. The number of nitrogens with zero attached hydrogens (tertiary/aromatic N) is 2. The van der Waals surface area contributed by atoms with Gasteiger partial charge in [-0.05, 0) is 0 Å². The van der Waals surface area contributed by atoms with Gasteiger partial charge in [0.2, 0.25) is 5.91 Å². The van der Waals surface area contributed by atoms with Crippen molar-refractivity contribution in [1.29, 1.82) is 0 Å². The molecule has 0 bridgehead atoms. The molecule has 1 rings (SSSR count). The van der Waals surface area contributed by atoms with Crippen LogP contribution in [0, 0.1) is 0 Å². The lowest BCUT2D eigenvalue weighted by molar-refractivity contribution is -0.138. The average molecular weight is 294 g/mol. The van der Waals surface area contributed by atoms with Crippen LogP contribution in [-0.2, 0) is 22.6 Å². The summed E-state index contributed by atoms with van der Waals surface area (Å²) in [5, 5.41) is 4.85. The van der Waals surface area contributed by atoms with Crippen molar-refractivity contribution in [3.05, 3.63) is 18.2 Å². The van der Waals surface area contributed by atoms with E-state index < -0.39 is 18.6 Å². The largest absolute Gasteiger partial charge is 0.405 e. The van der Waals surface area contributed by atoms with Gasteiger partial charge >= 0.3 is 6.18 Å². The van der Waals surface area contributed by atoms with E-state index in [1.54, 1.807) is 13.3 Å². The van der Waals surface area contributed by atoms with E-state index in [1.807, 2.05) is 5.32 Å². The Morgan fingerprint density at radius 1 is 1.50 bits per heavy atom. The molecule has 0 saturated heterocycles. The van der Waals surface area contributed by atoms with Gasteiger partial charge in [0.15, 0.2) is 0 Å². The molecule has 114 valence electrons. The summed E-state index contributed by atoms with van der Waals surface area (Å²) in [4.78, 5) is 15.4. The Morgan fingerprint density at radius 3 is 2.90 bits per heavy atom. The molecular weight excluding hydrogens is 277 g/mol. The molecule has 1 aromatic rings. The smallest absolute Gasteiger partial charge is 0.383 e. The van der Waals surface area contributed by atoms with Crippen molar-refractivity contribution in [1.82, 2.24) is 20.2 Å². The molecule has 20 heavy (non-hydrogen) atoms. The van der Waals surface area contributed by atoms with E-state index in [0.29, 0.717) is 25.5 Å². The number of amides is 1. The summed E-state index contributed by atoms with van der Waals surface area (Å²) in [5.41, 5.74) is 0. The number of nitrogens with one attached hydrogen (secondary N) is 2. The van der Waals surface area contributed by atoms with Crippen LogP contribution < -0.4 is 10.6 Å². The van der Waals surface area contributed by atoms with Gasteiger partial charge in [0.25, 0.3) is 0 Å². The molecule has 0 saturated carbocycles. The van der Waals surface area contributed by atoms with Crippen molar-refractivity contribution in [3.63, 3.8) is 0 Å². The third-order valence-electron chi connectivity index (χ3n) is 2.37. The van der Waals surface area contributed by atoms with E-state index in [-0.39, 0.29) is 6.54 Å². The second kappa shape index (κ2) is 7.85. The Labute approximate surface area is 114 Å². The first-order chi connectivity index (χ1) is 9.42. The maximum atomic E-state index is 12.0. The Hall–Kier alpha value is -1.61. The Balaban J connectivity index is 2.40. The Morgan fingerprint density at radius 2 is 2.25 bits per heavy atom. The molecule has 1 amide bonds. The summed E-state index contributed by atoms with van der Waals surface area (Å²) in [7, 11) is 1.58. The van der Waals surface area contributed by atoms with E-state index in [0.717, 1.165) is 0 Å². The zero-order chi connectivity index (χ0) is 15.0. The standard InChI is InChI=1S/C11H17F3N4O2/c1-20-5-3-15-6-9-16-2-4-18(9)7-10(19)17-8-11(12,13)14/h2,4,15H,3,5-8H2,1H3,(H,17,19). The molecular formula is C11H17F3N4O2. The van der Waals surface area contributed by atoms with Gasteiger partial charge < -0.3 is 19.9 Å². The van der Waals surface area contributed by atoms with Crippen LogP contribution in [0.1, 0.15) is 5.82 Å². The van der Waals surface area contributed by atoms with E-state index in [2.05, 4.69) is 10.3 Å². The maximum absolute atomic E-state index is 12.0. The number of ether oxygens (including phenoxy) is 1. The number of aromatic nitrogens is 2. The first kappa shape index (κ1) is 16.4. The summed E-state index contributed by atoms with van der Waals surface area (Å²) >= 11 is 0. The van der Waals surface area contributed by atoms with Gasteiger partial charge in [-0.15, -0.1) is 0 Å². The highest BCUT2D eigenvalue weighted by atomic mass is 19.4. The van der Waals surface area contributed by atoms with Crippen LogP contribution in [0.2, 0.25) is 0 Å². The summed E-state index contributed by atoms with van der Waals surface area (Å²) in [6.07, 6.45) is -1.37. The van der Waals surface area contributed by atoms with Gasteiger partial charge in [0, 0.05) is 26.0 Å². The molecule has 1 aromatic heterocycles. The number of methoxy groups -OCH3 is 1. The van der Waals surface area contributed by atoms with Crippen molar-refractivity contribution >= 4 is 5.91 Å². The predicted molar refractivity (Wildman–Crippen MR) is 64.9 cm³/mol. The molecule has 1 heterocycles. The van der Waals surface area contributed by atoms with Crippen LogP contribution in [0.25, 0.3) is 0 Å². The molecule has 0 aliphatic heterocycles. The first-order valence-corrected chi connectivity index (χ1v) is 5.95. The number of halogens is 3. The van der Waals surface area contributed by atoms with E-state index in [4.69, 9.17) is 4.74 Å². The third-order valence-corrected chi connectivity index (χ3v) is 2.37. The minimum Gasteiger partial charge on any atom is -0.383 e. The second-order valence-corrected chi connectivity index (χ2v) is 4.03. The molecule has 0 aliphatic carbocycles. The fraction of sp³-hybridized carbons (Fsp3) is 0.636. The van der Waals surface area contributed by atoms with Gasteiger partial charge in [-0.2, -0.15) is 13.2 Å². The van der Waals surface area contributed by atoms with Crippen LogP contribution >= 0.6 is 0 Å². The fourth-order valence-corrected chi connectivity index (χ4v) is 1.44. The van der Waals surface area contributed by atoms with Crippen LogP contribution in [0.15, 0.2) is 12.4 Å². The molecule has 0 radical (unpaired) electrons. The van der Waals surface area contributed by atoms with E-state index in [9.17, 15) is 18.0 Å². The summed E-state index contributed by atoms with van der Waals surface area (Å²) in [6.45, 7) is 0.0264. The van der Waals surface area contributed by atoms with Crippen molar-refractivity contribution in [3.8, 4) is 0 Å². The molecule has 0 aliphatic rings. The zero-order valence-electron chi connectivity index (χ0n) is 11.0. The lowest BCUT2D eigenvalue weighted by Crippen LogP contribution is -2.36. The lowest BCUT2D eigenvalue weighted by Gasteiger charge is -2.11. The number of imidazole rings is 1. The molecule has 6 nitrogen and oxygen atoms in total. The third kappa shape index (κ3) is 6.53. The van der Waals surface area contributed by atoms with Crippen molar-refractivity contribution in [2.45, 2.75) is 19.3 Å². The van der Waals surface area contributed by atoms with Gasteiger partial charge in [0.1, 0.15) is 18.9 Å². The summed E-state index contributed by atoms with van der Waals surface area (Å²) < 4.78 is 42.2. The normalized spacial score (nSPS) is 11.6. The predicted octanol–water partition coefficient (Wildman–Crippen LogP) is 0.298. The van der Waals surface area contributed by atoms with Crippen molar-refractivity contribution < 1.29 is 22.7 Å². The summed E-state index contributed by atoms with van der Waals surface area (Å²) in [6, 6.07) is 0. The van der Waals surface area contributed by atoms with Crippen molar-refractivity contribution in [2.75, 3.05) is 26.8 Å². The number of carbonyl (C=O) groups excluding carboxylic acids is 1. The van der Waals surface area contributed by atoms with E-state index >= 15 is 0 Å². The number of hydrogen-bond donors (Lipinski definition) is 2. The van der Waals surface area contributed by atoms with Gasteiger partial charge in [-0.1, -0.05) is 0 Å². The molecule has 9 heteroatoms. The fourth-order valence-electron chi connectivity index (χ4n) is 1.44. The quantitative estimate of drug-likeness (QED) is 0.677. The highest BCUT2D eigenvalue weighted by Gasteiger charge is 2.27. The molecule has 2 N–H and O–H groups in total. The molecule has 0 atom stereocenters. The highest BCUT2D eigenvalue weighted by molar-refractivity contribution is 5.75. The topological polar surface area (TPSA) is 68.2 Å². The zero-order valence-corrected chi connectivity index (χ0v) is 11.0.